The van der Waals surface area contributed by atoms with Crippen molar-refractivity contribution in [1.82, 2.24) is 14.7 Å². The number of piperidine rings is 1. The van der Waals surface area contributed by atoms with Gasteiger partial charge in [0.2, 0.25) is 5.88 Å². The highest BCUT2D eigenvalue weighted by molar-refractivity contribution is 5.92. The molecule has 0 radical (unpaired) electrons. The highest BCUT2D eigenvalue weighted by Gasteiger charge is 2.27. The van der Waals surface area contributed by atoms with Crippen LogP contribution in [-0.2, 0) is 6.54 Å². The molecule has 1 amide bonds. The molecule has 0 aliphatic carbocycles. The molecule has 5 nitrogen and oxygen atoms in total. The Hall–Kier alpha value is -1.52. The van der Waals surface area contributed by atoms with Crippen LogP contribution in [0.2, 0.25) is 0 Å². The second-order valence-electron chi connectivity index (χ2n) is 5.14. The van der Waals surface area contributed by atoms with E-state index < -0.39 is 0 Å². The van der Waals surface area contributed by atoms with Crippen LogP contribution in [0.3, 0.4) is 0 Å². The molecule has 3 rings (SSSR count). The van der Waals surface area contributed by atoms with Crippen LogP contribution in [0.15, 0.2) is 6.07 Å². The molecule has 2 aliphatic rings. The topological polar surface area (TPSA) is 47.4 Å². The minimum Gasteiger partial charge on any atom is -0.478 e. The second-order valence-corrected chi connectivity index (χ2v) is 5.14. The van der Waals surface area contributed by atoms with Crippen molar-refractivity contribution in [3.63, 3.8) is 0 Å². The average molecular weight is 249 g/mol. The van der Waals surface area contributed by atoms with E-state index in [4.69, 9.17) is 4.74 Å². The summed E-state index contributed by atoms with van der Waals surface area (Å²) in [6, 6.07) is 2.11. The van der Waals surface area contributed by atoms with Crippen molar-refractivity contribution in [3.8, 4) is 5.88 Å². The molecular formula is C13H19N3O2. The van der Waals surface area contributed by atoms with Gasteiger partial charge in [0.1, 0.15) is 0 Å². The molecule has 1 unspecified atom stereocenters. The second kappa shape index (κ2) is 4.63. The Morgan fingerprint density at radius 1 is 1.39 bits per heavy atom. The van der Waals surface area contributed by atoms with Crippen molar-refractivity contribution >= 4 is 5.91 Å². The summed E-state index contributed by atoms with van der Waals surface area (Å²) in [6.45, 7) is 4.53. The van der Waals surface area contributed by atoms with E-state index in [2.05, 4.69) is 12.0 Å². The molecule has 0 N–H and O–H groups in total. The lowest BCUT2D eigenvalue weighted by Crippen LogP contribution is -2.42. The Kier molecular flexibility index (Phi) is 2.97. The molecule has 2 aliphatic heterocycles. The number of amides is 1. The molecular weight excluding hydrogens is 230 g/mol. The van der Waals surface area contributed by atoms with Crippen LogP contribution in [0.1, 0.15) is 43.1 Å². The van der Waals surface area contributed by atoms with Crippen molar-refractivity contribution in [2.24, 2.45) is 0 Å². The molecule has 0 aromatic carbocycles. The first kappa shape index (κ1) is 11.6. The lowest BCUT2D eigenvalue weighted by molar-refractivity contribution is 0.0628. The first-order valence-electron chi connectivity index (χ1n) is 6.77. The van der Waals surface area contributed by atoms with Gasteiger partial charge in [-0.3, -0.25) is 4.79 Å². The number of ether oxygens (including phenoxy) is 1. The number of likely N-dealkylation sites (tertiary alicyclic amines) is 1. The maximum absolute atomic E-state index is 12.4. The number of nitrogens with zero attached hydrogens (tertiary/aromatic N) is 3. The fourth-order valence-corrected chi connectivity index (χ4v) is 2.72. The van der Waals surface area contributed by atoms with E-state index >= 15 is 0 Å². The Morgan fingerprint density at radius 2 is 2.28 bits per heavy atom. The van der Waals surface area contributed by atoms with Crippen molar-refractivity contribution in [3.05, 3.63) is 11.8 Å². The lowest BCUT2D eigenvalue weighted by Gasteiger charge is -2.32. The average Bonchev–Trinajstić information content (AvgIpc) is 2.82. The predicted molar refractivity (Wildman–Crippen MR) is 66.7 cm³/mol. The van der Waals surface area contributed by atoms with Gasteiger partial charge in [-0.25, -0.2) is 4.68 Å². The Balaban J connectivity index is 1.81. The molecule has 1 atom stereocenters. The molecule has 98 valence electrons. The van der Waals surface area contributed by atoms with Gasteiger partial charge in [0.25, 0.3) is 5.91 Å². The number of aromatic nitrogens is 2. The van der Waals surface area contributed by atoms with E-state index in [9.17, 15) is 4.79 Å². The van der Waals surface area contributed by atoms with E-state index in [1.807, 2.05) is 4.90 Å². The predicted octanol–water partition coefficient (Wildman–Crippen LogP) is 1.68. The fourth-order valence-electron chi connectivity index (χ4n) is 2.72. The zero-order chi connectivity index (χ0) is 12.5. The number of rotatable bonds is 1. The van der Waals surface area contributed by atoms with Crippen LogP contribution < -0.4 is 4.74 Å². The monoisotopic (exact) mass is 249 g/mol. The first-order valence-corrected chi connectivity index (χ1v) is 6.77. The number of aryl methyl sites for hydroxylation is 1. The normalized spacial score (nSPS) is 23.4. The zero-order valence-corrected chi connectivity index (χ0v) is 10.8. The maximum Gasteiger partial charge on any atom is 0.274 e. The van der Waals surface area contributed by atoms with Gasteiger partial charge >= 0.3 is 0 Å². The van der Waals surface area contributed by atoms with E-state index in [1.54, 1.807) is 10.7 Å². The van der Waals surface area contributed by atoms with Gasteiger partial charge in [0.15, 0.2) is 5.69 Å². The van der Waals surface area contributed by atoms with Crippen LogP contribution >= 0.6 is 0 Å². The van der Waals surface area contributed by atoms with Crippen LogP contribution in [0.5, 0.6) is 5.88 Å². The number of hydrogen-bond donors (Lipinski definition) is 0. The summed E-state index contributed by atoms with van der Waals surface area (Å²) in [7, 11) is 0. The number of carbonyl (C=O) groups excluding carboxylic acids is 1. The molecule has 3 heterocycles. The van der Waals surface area contributed by atoms with Gasteiger partial charge in [-0.1, -0.05) is 0 Å². The van der Waals surface area contributed by atoms with Crippen LogP contribution in [0, 0.1) is 0 Å². The van der Waals surface area contributed by atoms with E-state index in [-0.39, 0.29) is 5.91 Å². The van der Waals surface area contributed by atoms with Gasteiger partial charge in [0, 0.05) is 31.6 Å². The van der Waals surface area contributed by atoms with Crippen LogP contribution in [0.25, 0.3) is 0 Å². The minimum absolute atomic E-state index is 0.0488. The first-order chi connectivity index (χ1) is 8.75. The molecule has 1 aromatic rings. The molecule has 0 saturated carbocycles. The Morgan fingerprint density at radius 3 is 3.06 bits per heavy atom. The highest BCUT2D eigenvalue weighted by Crippen LogP contribution is 2.22. The molecule has 1 saturated heterocycles. The maximum atomic E-state index is 12.4. The van der Waals surface area contributed by atoms with Crippen LogP contribution in [-0.4, -0.2) is 39.8 Å². The SMILES string of the molecule is CC1CCCCN1C(=O)c1cc2n(n1)CCCO2. The summed E-state index contributed by atoms with van der Waals surface area (Å²) in [5, 5.41) is 4.36. The van der Waals surface area contributed by atoms with Crippen molar-refractivity contribution < 1.29 is 9.53 Å². The summed E-state index contributed by atoms with van der Waals surface area (Å²) in [5.41, 5.74) is 0.528. The van der Waals surface area contributed by atoms with Crippen molar-refractivity contribution in [2.45, 2.75) is 45.2 Å². The van der Waals surface area contributed by atoms with Crippen molar-refractivity contribution in [2.75, 3.05) is 13.2 Å². The molecule has 1 aromatic heterocycles. The molecule has 5 heteroatoms. The van der Waals surface area contributed by atoms with Gasteiger partial charge in [0.05, 0.1) is 6.61 Å². The van der Waals surface area contributed by atoms with Crippen molar-refractivity contribution in [1.29, 1.82) is 0 Å². The highest BCUT2D eigenvalue weighted by atomic mass is 16.5. The standard InChI is InChI=1S/C13H19N3O2/c1-10-5-2-3-6-15(10)13(17)11-9-12-16(14-11)7-4-8-18-12/h9-10H,2-8H2,1H3. The van der Waals surface area contributed by atoms with Gasteiger partial charge in [-0.05, 0) is 26.2 Å². The quantitative estimate of drug-likeness (QED) is 0.760. The summed E-state index contributed by atoms with van der Waals surface area (Å²) < 4.78 is 7.30. The van der Waals surface area contributed by atoms with Crippen LogP contribution in [0.4, 0.5) is 0 Å². The van der Waals surface area contributed by atoms with E-state index in [1.165, 1.54) is 6.42 Å². The lowest BCUT2D eigenvalue weighted by atomic mass is 10.0. The smallest absolute Gasteiger partial charge is 0.274 e. The van der Waals surface area contributed by atoms with E-state index in [0.29, 0.717) is 11.7 Å². The summed E-state index contributed by atoms with van der Waals surface area (Å²) in [4.78, 5) is 14.4. The third kappa shape index (κ3) is 1.98. The van der Waals surface area contributed by atoms with Gasteiger partial charge < -0.3 is 9.64 Å². The third-order valence-electron chi connectivity index (χ3n) is 3.79. The Labute approximate surface area is 107 Å². The Bertz CT molecular complexity index is 432. The summed E-state index contributed by atoms with van der Waals surface area (Å²) in [6.07, 6.45) is 4.37. The molecule has 1 fully saturated rings. The molecule has 18 heavy (non-hydrogen) atoms. The van der Waals surface area contributed by atoms with Gasteiger partial charge in [-0.2, -0.15) is 5.10 Å². The number of carbonyl (C=O) groups is 1. The number of fused-ring (bicyclic) bond motifs is 1. The fraction of sp³-hybridized carbons (Fsp3) is 0.692. The third-order valence-corrected chi connectivity index (χ3v) is 3.79. The minimum atomic E-state index is 0.0488. The molecule has 0 bridgehead atoms. The summed E-state index contributed by atoms with van der Waals surface area (Å²) in [5.74, 6) is 0.780. The zero-order valence-electron chi connectivity index (χ0n) is 10.8. The largest absolute Gasteiger partial charge is 0.478 e. The number of hydrogen-bond acceptors (Lipinski definition) is 3. The molecule has 0 spiro atoms. The van der Waals surface area contributed by atoms with Gasteiger partial charge in [-0.15, -0.1) is 0 Å². The summed E-state index contributed by atoms with van der Waals surface area (Å²) >= 11 is 0. The van der Waals surface area contributed by atoms with E-state index in [0.717, 1.165) is 44.8 Å².